The van der Waals surface area contributed by atoms with Crippen molar-refractivity contribution < 1.29 is 9.59 Å². The molecule has 1 aliphatic carbocycles. The number of amides is 1. The fourth-order valence-electron chi connectivity index (χ4n) is 4.33. The van der Waals surface area contributed by atoms with Gasteiger partial charge >= 0.3 is 0 Å². The number of hydrogen-bond acceptors (Lipinski definition) is 2. The van der Waals surface area contributed by atoms with Gasteiger partial charge < -0.3 is 0 Å². The van der Waals surface area contributed by atoms with Gasteiger partial charge in [-0.2, -0.15) is 0 Å². The summed E-state index contributed by atoms with van der Waals surface area (Å²) in [6.45, 7) is 4.07. The monoisotopic (exact) mass is 345 g/mol. The third-order valence-electron chi connectivity index (χ3n) is 5.60. The summed E-state index contributed by atoms with van der Waals surface area (Å²) < 4.78 is 0. The molecule has 0 saturated heterocycles. The third-order valence-corrected chi connectivity index (χ3v) is 5.60. The summed E-state index contributed by atoms with van der Waals surface area (Å²) in [4.78, 5) is 27.9. The van der Waals surface area contributed by atoms with Crippen LogP contribution in [0, 0.1) is 13.8 Å². The molecule has 3 nitrogen and oxygen atoms in total. The van der Waals surface area contributed by atoms with Crippen molar-refractivity contribution in [1.29, 1.82) is 0 Å². The minimum atomic E-state index is -0.119. The largest absolute Gasteiger partial charge is 0.294 e. The van der Waals surface area contributed by atoms with Crippen molar-refractivity contribution in [2.45, 2.75) is 45.4 Å². The maximum absolute atomic E-state index is 13.2. The minimum Gasteiger partial charge on any atom is -0.294 e. The van der Waals surface area contributed by atoms with Gasteiger partial charge in [-0.1, -0.05) is 42.5 Å². The van der Waals surface area contributed by atoms with Crippen molar-refractivity contribution in [2.24, 2.45) is 0 Å². The van der Waals surface area contributed by atoms with E-state index in [1.165, 1.54) is 0 Å². The number of allylic oxidation sites excluding steroid dienone is 2. The van der Waals surface area contributed by atoms with Gasteiger partial charge in [0.2, 0.25) is 5.91 Å². The molecule has 1 amide bonds. The molecule has 1 aliphatic heterocycles. The first-order valence-corrected chi connectivity index (χ1v) is 9.28. The van der Waals surface area contributed by atoms with E-state index in [0.29, 0.717) is 12.8 Å². The van der Waals surface area contributed by atoms with Gasteiger partial charge in [0.1, 0.15) is 0 Å². The van der Waals surface area contributed by atoms with Crippen LogP contribution in [0.3, 0.4) is 0 Å². The van der Waals surface area contributed by atoms with Gasteiger partial charge in [0.25, 0.3) is 0 Å². The van der Waals surface area contributed by atoms with E-state index in [0.717, 1.165) is 46.5 Å². The number of Topliss-reactive ketones (excluding diaryl/α,β-unsaturated/α-hetero) is 1. The molecular weight excluding hydrogens is 322 g/mol. The van der Waals surface area contributed by atoms with Crippen molar-refractivity contribution in [3.8, 4) is 0 Å². The van der Waals surface area contributed by atoms with E-state index in [9.17, 15) is 9.59 Å². The van der Waals surface area contributed by atoms with Gasteiger partial charge in [-0.05, 0) is 49.4 Å². The first kappa shape index (κ1) is 16.8. The quantitative estimate of drug-likeness (QED) is 0.782. The van der Waals surface area contributed by atoms with Crippen LogP contribution in [-0.4, -0.2) is 11.7 Å². The van der Waals surface area contributed by atoms with Gasteiger partial charge in [0, 0.05) is 30.0 Å². The number of aryl methyl sites for hydroxylation is 2. The molecule has 0 fully saturated rings. The lowest BCUT2D eigenvalue weighted by molar-refractivity contribution is -0.119. The van der Waals surface area contributed by atoms with Crippen LogP contribution in [0.15, 0.2) is 59.8 Å². The Labute approximate surface area is 154 Å². The molecule has 0 N–H and O–H groups in total. The lowest BCUT2D eigenvalue weighted by Crippen LogP contribution is -2.41. The molecule has 2 aliphatic rings. The second kappa shape index (κ2) is 6.56. The van der Waals surface area contributed by atoms with Crippen LogP contribution < -0.4 is 4.90 Å². The number of anilines is 1. The van der Waals surface area contributed by atoms with Crippen molar-refractivity contribution >= 4 is 17.4 Å². The van der Waals surface area contributed by atoms with Gasteiger partial charge in [-0.15, -0.1) is 0 Å². The van der Waals surface area contributed by atoms with E-state index in [2.05, 4.69) is 19.1 Å². The zero-order valence-corrected chi connectivity index (χ0v) is 15.3. The molecule has 4 rings (SSSR count). The van der Waals surface area contributed by atoms with Crippen LogP contribution in [0.4, 0.5) is 5.69 Å². The molecule has 0 saturated carbocycles. The molecule has 0 spiro atoms. The fourth-order valence-corrected chi connectivity index (χ4v) is 4.33. The summed E-state index contributed by atoms with van der Waals surface area (Å²) in [6.07, 6.45) is 2.53. The Kier molecular flexibility index (Phi) is 4.23. The predicted octanol–water partition coefficient (Wildman–Crippen LogP) is 4.83. The van der Waals surface area contributed by atoms with Crippen molar-refractivity contribution in [3.63, 3.8) is 0 Å². The summed E-state index contributed by atoms with van der Waals surface area (Å²) >= 11 is 0. The number of para-hydroxylation sites is 1. The van der Waals surface area contributed by atoms with Crippen LogP contribution in [0.2, 0.25) is 0 Å². The second-order valence-electron chi connectivity index (χ2n) is 7.27. The topological polar surface area (TPSA) is 37.4 Å². The average molecular weight is 345 g/mol. The highest BCUT2D eigenvalue weighted by atomic mass is 16.2. The highest BCUT2D eigenvalue weighted by molar-refractivity contribution is 6.07. The van der Waals surface area contributed by atoms with Crippen LogP contribution >= 0.6 is 0 Å². The standard InChI is InChI=1S/C23H23NO2/c1-15-8-3-5-10-17(15)18-14-22(26)24(19-11-6-4-9-16(19)2)20-12-7-13-21(25)23(18)20/h3-6,8-11,18H,7,12-14H2,1-2H3. The zero-order valence-electron chi connectivity index (χ0n) is 15.3. The molecule has 2 aromatic rings. The van der Waals surface area contributed by atoms with Crippen molar-refractivity contribution in [1.82, 2.24) is 0 Å². The summed E-state index contributed by atoms with van der Waals surface area (Å²) in [5, 5.41) is 0. The molecule has 132 valence electrons. The Morgan fingerprint density at radius 1 is 0.885 bits per heavy atom. The zero-order chi connectivity index (χ0) is 18.3. The van der Waals surface area contributed by atoms with E-state index in [1.54, 1.807) is 0 Å². The summed E-state index contributed by atoms with van der Waals surface area (Å²) in [7, 11) is 0. The molecule has 1 heterocycles. The first-order chi connectivity index (χ1) is 12.6. The molecule has 1 atom stereocenters. The van der Waals surface area contributed by atoms with Crippen LogP contribution in [0.25, 0.3) is 0 Å². The number of rotatable bonds is 2. The third kappa shape index (κ3) is 2.68. The van der Waals surface area contributed by atoms with E-state index in [4.69, 9.17) is 0 Å². The smallest absolute Gasteiger partial charge is 0.232 e. The Balaban J connectivity index is 1.91. The van der Waals surface area contributed by atoms with Crippen molar-refractivity contribution in [3.05, 3.63) is 76.5 Å². The predicted molar refractivity (Wildman–Crippen MR) is 103 cm³/mol. The first-order valence-electron chi connectivity index (χ1n) is 9.28. The van der Waals surface area contributed by atoms with E-state index in [1.807, 2.05) is 48.2 Å². The van der Waals surface area contributed by atoms with Crippen LogP contribution in [-0.2, 0) is 9.59 Å². The maximum Gasteiger partial charge on any atom is 0.232 e. The van der Waals surface area contributed by atoms with E-state index in [-0.39, 0.29) is 17.6 Å². The molecule has 2 aromatic carbocycles. The van der Waals surface area contributed by atoms with Gasteiger partial charge in [-0.25, -0.2) is 0 Å². The number of benzene rings is 2. The molecule has 0 bridgehead atoms. The van der Waals surface area contributed by atoms with Gasteiger partial charge in [0.05, 0.1) is 5.69 Å². The normalized spacial score (nSPS) is 20.4. The number of nitrogens with zero attached hydrogens (tertiary/aromatic N) is 1. The lowest BCUT2D eigenvalue weighted by Gasteiger charge is -2.39. The molecule has 0 radical (unpaired) electrons. The molecule has 0 aromatic heterocycles. The number of hydrogen-bond donors (Lipinski definition) is 0. The lowest BCUT2D eigenvalue weighted by atomic mass is 9.76. The number of carbonyl (C=O) groups is 2. The van der Waals surface area contributed by atoms with Crippen molar-refractivity contribution in [2.75, 3.05) is 4.90 Å². The van der Waals surface area contributed by atoms with Crippen LogP contribution in [0.1, 0.15) is 48.3 Å². The summed E-state index contributed by atoms with van der Waals surface area (Å²) in [6, 6.07) is 16.0. The number of ketones is 1. The average Bonchev–Trinajstić information content (AvgIpc) is 2.63. The Bertz CT molecular complexity index is 925. The maximum atomic E-state index is 13.2. The van der Waals surface area contributed by atoms with Crippen LogP contribution in [0.5, 0.6) is 0 Å². The highest BCUT2D eigenvalue weighted by Crippen LogP contribution is 2.44. The van der Waals surface area contributed by atoms with E-state index < -0.39 is 0 Å². The fraction of sp³-hybridized carbons (Fsp3) is 0.304. The Morgan fingerprint density at radius 2 is 1.58 bits per heavy atom. The SMILES string of the molecule is Cc1ccccc1C1CC(=O)N(c2ccccc2C)C2=C1C(=O)CCC2. The molecule has 3 heteroatoms. The summed E-state index contributed by atoms with van der Waals surface area (Å²) in [5.74, 6) is 0.165. The summed E-state index contributed by atoms with van der Waals surface area (Å²) in [5.41, 5.74) is 5.98. The molecular formula is C23H23NO2. The highest BCUT2D eigenvalue weighted by Gasteiger charge is 2.40. The number of carbonyl (C=O) groups excluding carboxylic acids is 2. The van der Waals surface area contributed by atoms with Gasteiger partial charge in [0.15, 0.2) is 5.78 Å². The Hall–Kier alpha value is -2.68. The van der Waals surface area contributed by atoms with E-state index >= 15 is 0 Å². The second-order valence-corrected chi connectivity index (χ2v) is 7.27. The molecule has 1 unspecified atom stereocenters. The Morgan fingerprint density at radius 3 is 2.31 bits per heavy atom. The van der Waals surface area contributed by atoms with Gasteiger partial charge in [-0.3, -0.25) is 14.5 Å². The molecule has 26 heavy (non-hydrogen) atoms. The minimum absolute atomic E-state index is 0.0843.